The van der Waals surface area contributed by atoms with Crippen LogP contribution >= 0.6 is 0 Å². The highest BCUT2D eigenvalue weighted by atomic mass is 16.1. The van der Waals surface area contributed by atoms with E-state index in [1.165, 1.54) is 4.68 Å². The summed E-state index contributed by atoms with van der Waals surface area (Å²) in [7, 11) is 0. The van der Waals surface area contributed by atoms with Gasteiger partial charge in [-0.25, -0.2) is 0 Å². The molecular weight excluding hydrogens is 250 g/mol. The summed E-state index contributed by atoms with van der Waals surface area (Å²) in [6.45, 7) is 9.67. The van der Waals surface area contributed by atoms with E-state index in [0.29, 0.717) is 0 Å². The number of hydrogen-bond donors (Lipinski definition) is 0. The smallest absolute Gasteiger partial charge is 0.295 e. The number of aromatic nitrogens is 2. The van der Waals surface area contributed by atoms with Crippen molar-refractivity contribution in [3.8, 4) is 5.69 Å². The Balaban J connectivity index is 2.63. The zero-order valence-electron chi connectivity index (χ0n) is 12.6. The molecule has 0 aliphatic carbocycles. The van der Waals surface area contributed by atoms with Gasteiger partial charge in [-0.1, -0.05) is 12.1 Å². The SMILES string of the molecule is CCN(CC)c1c(C)cnn(-c2cccc(C)c2)c1=O. The Hall–Kier alpha value is -2.10. The molecule has 0 amide bonds. The van der Waals surface area contributed by atoms with Gasteiger partial charge in [-0.05, 0) is 51.0 Å². The third kappa shape index (κ3) is 2.59. The Morgan fingerprint density at radius 1 is 1.20 bits per heavy atom. The Kier molecular flexibility index (Phi) is 4.23. The fourth-order valence-electron chi connectivity index (χ4n) is 2.40. The molecule has 0 aliphatic rings. The molecule has 2 aromatic rings. The summed E-state index contributed by atoms with van der Waals surface area (Å²) in [5.74, 6) is 0. The van der Waals surface area contributed by atoms with Gasteiger partial charge in [-0.3, -0.25) is 4.79 Å². The molecule has 0 spiro atoms. The summed E-state index contributed by atoms with van der Waals surface area (Å²) in [5, 5.41) is 4.28. The molecule has 1 aromatic heterocycles. The first-order chi connectivity index (χ1) is 9.58. The van der Waals surface area contributed by atoms with Crippen LogP contribution in [0.5, 0.6) is 0 Å². The molecule has 2 rings (SSSR count). The molecule has 106 valence electrons. The van der Waals surface area contributed by atoms with E-state index in [2.05, 4.69) is 23.8 Å². The zero-order valence-corrected chi connectivity index (χ0v) is 12.6. The van der Waals surface area contributed by atoms with E-state index < -0.39 is 0 Å². The first-order valence-corrected chi connectivity index (χ1v) is 6.99. The first kappa shape index (κ1) is 14.3. The summed E-state index contributed by atoms with van der Waals surface area (Å²) < 4.78 is 1.48. The van der Waals surface area contributed by atoms with Crippen molar-refractivity contribution in [1.29, 1.82) is 0 Å². The number of rotatable bonds is 4. The molecule has 4 heteroatoms. The molecule has 0 aliphatic heterocycles. The number of nitrogens with zero attached hydrogens (tertiary/aromatic N) is 3. The van der Waals surface area contributed by atoms with Gasteiger partial charge < -0.3 is 4.90 Å². The van der Waals surface area contributed by atoms with E-state index in [0.717, 1.165) is 35.6 Å². The predicted molar refractivity (Wildman–Crippen MR) is 82.9 cm³/mol. The quantitative estimate of drug-likeness (QED) is 0.858. The number of anilines is 1. The van der Waals surface area contributed by atoms with Crippen molar-refractivity contribution in [1.82, 2.24) is 9.78 Å². The highest BCUT2D eigenvalue weighted by Crippen LogP contribution is 2.15. The van der Waals surface area contributed by atoms with Gasteiger partial charge in [-0.15, -0.1) is 0 Å². The molecule has 4 nitrogen and oxygen atoms in total. The van der Waals surface area contributed by atoms with Gasteiger partial charge in [-0.2, -0.15) is 9.78 Å². The molecule has 0 N–H and O–H groups in total. The van der Waals surface area contributed by atoms with Crippen LogP contribution in [0.3, 0.4) is 0 Å². The minimum absolute atomic E-state index is 0.0562. The number of hydrogen-bond acceptors (Lipinski definition) is 3. The fourth-order valence-corrected chi connectivity index (χ4v) is 2.40. The second-order valence-corrected chi connectivity index (χ2v) is 4.90. The average molecular weight is 271 g/mol. The van der Waals surface area contributed by atoms with E-state index in [1.807, 2.05) is 38.1 Å². The van der Waals surface area contributed by atoms with Crippen LogP contribution in [0.2, 0.25) is 0 Å². The predicted octanol–water partition coefficient (Wildman–Crippen LogP) is 2.70. The monoisotopic (exact) mass is 271 g/mol. The summed E-state index contributed by atoms with van der Waals surface area (Å²) >= 11 is 0. The third-order valence-corrected chi connectivity index (χ3v) is 3.46. The number of aryl methyl sites for hydroxylation is 2. The van der Waals surface area contributed by atoms with Gasteiger partial charge in [0.15, 0.2) is 0 Å². The average Bonchev–Trinajstić information content (AvgIpc) is 2.43. The Labute approximate surface area is 119 Å². The van der Waals surface area contributed by atoms with Crippen LogP contribution in [0.4, 0.5) is 5.69 Å². The lowest BCUT2D eigenvalue weighted by Gasteiger charge is -2.22. The molecule has 0 saturated carbocycles. The highest BCUT2D eigenvalue weighted by molar-refractivity contribution is 5.51. The van der Waals surface area contributed by atoms with Crippen LogP contribution in [0.1, 0.15) is 25.0 Å². The zero-order chi connectivity index (χ0) is 14.7. The maximum atomic E-state index is 12.7. The molecule has 0 bridgehead atoms. The Morgan fingerprint density at radius 3 is 2.50 bits per heavy atom. The molecule has 20 heavy (non-hydrogen) atoms. The lowest BCUT2D eigenvalue weighted by Crippen LogP contribution is -2.33. The lowest BCUT2D eigenvalue weighted by molar-refractivity contribution is 0.769. The van der Waals surface area contributed by atoms with E-state index in [4.69, 9.17) is 0 Å². The molecule has 0 saturated heterocycles. The molecule has 0 unspecified atom stereocenters. The van der Waals surface area contributed by atoms with Crippen LogP contribution in [0, 0.1) is 13.8 Å². The van der Waals surface area contributed by atoms with E-state index in [1.54, 1.807) is 6.20 Å². The van der Waals surface area contributed by atoms with Crippen molar-refractivity contribution in [3.63, 3.8) is 0 Å². The van der Waals surface area contributed by atoms with E-state index in [-0.39, 0.29) is 5.56 Å². The highest BCUT2D eigenvalue weighted by Gasteiger charge is 2.14. The summed E-state index contributed by atoms with van der Waals surface area (Å²) in [5.41, 5.74) is 3.53. The molecule has 1 aromatic carbocycles. The standard InChI is InChI=1S/C16H21N3O/c1-5-18(6-2)15-13(4)11-17-19(16(15)20)14-9-7-8-12(3)10-14/h7-11H,5-6H2,1-4H3. The van der Waals surface area contributed by atoms with Gasteiger partial charge in [0, 0.05) is 13.1 Å². The van der Waals surface area contributed by atoms with Gasteiger partial charge in [0.05, 0.1) is 11.9 Å². The topological polar surface area (TPSA) is 38.1 Å². The van der Waals surface area contributed by atoms with Crippen LogP contribution in [0.25, 0.3) is 5.69 Å². The maximum Gasteiger partial charge on any atom is 0.295 e. The van der Waals surface area contributed by atoms with Gasteiger partial charge in [0.1, 0.15) is 5.69 Å². The Morgan fingerprint density at radius 2 is 1.90 bits per heavy atom. The van der Waals surface area contributed by atoms with Crippen LogP contribution in [-0.4, -0.2) is 22.9 Å². The Bertz CT molecular complexity index is 657. The van der Waals surface area contributed by atoms with Crippen LogP contribution < -0.4 is 10.5 Å². The summed E-state index contributed by atoms with van der Waals surface area (Å²) in [4.78, 5) is 14.8. The molecular formula is C16H21N3O. The van der Waals surface area contributed by atoms with Gasteiger partial charge in [0.25, 0.3) is 5.56 Å². The lowest BCUT2D eigenvalue weighted by atomic mass is 10.2. The third-order valence-electron chi connectivity index (χ3n) is 3.46. The minimum Gasteiger partial charge on any atom is -0.367 e. The van der Waals surface area contributed by atoms with Crippen molar-refractivity contribution < 1.29 is 0 Å². The van der Waals surface area contributed by atoms with Gasteiger partial charge in [0.2, 0.25) is 0 Å². The van der Waals surface area contributed by atoms with Crippen molar-refractivity contribution in [2.45, 2.75) is 27.7 Å². The molecule has 1 heterocycles. The molecule has 0 atom stereocenters. The normalized spacial score (nSPS) is 10.6. The maximum absolute atomic E-state index is 12.7. The van der Waals surface area contributed by atoms with Crippen molar-refractivity contribution in [3.05, 3.63) is 51.9 Å². The van der Waals surface area contributed by atoms with Crippen LogP contribution in [0.15, 0.2) is 35.3 Å². The van der Waals surface area contributed by atoms with Crippen molar-refractivity contribution in [2.24, 2.45) is 0 Å². The van der Waals surface area contributed by atoms with E-state index >= 15 is 0 Å². The minimum atomic E-state index is -0.0562. The fraction of sp³-hybridized carbons (Fsp3) is 0.375. The second-order valence-electron chi connectivity index (χ2n) is 4.90. The van der Waals surface area contributed by atoms with E-state index in [9.17, 15) is 4.79 Å². The second kappa shape index (κ2) is 5.90. The van der Waals surface area contributed by atoms with Crippen molar-refractivity contribution in [2.75, 3.05) is 18.0 Å². The first-order valence-electron chi connectivity index (χ1n) is 6.99. The largest absolute Gasteiger partial charge is 0.367 e. The molecule has 0 radical (unpaired) electrons. The summed E-state index contributed by atoms with van der Waals surface area (Å²) in [6, 6.07) is 7.82. The summed E-state index contributed by atoms with van der Waals surface area (Å²) in [6.07, 6.45) is 1.76. The number of benzene rings is 1. The van der Waals surface area contributed by atoms with Crippen LogP contribution in [-0.2, 0) is 0 Å². The van der Waals surface area contributed by atoms with Gasteiger partial charge >= 0.3 is 0 Å². The molecule has 0 fully saturated rings. The van der Waals surface area contributed by atoms with Crippen molar-refractivity contribution >= 4 is 5.69 Å².